The van der Waals surface area contributed by atoms with Gasteiger partial charge in [0.05, 0.1) is 29.0 Å². The van der Waals surface area contributed by atoms with Crippen molar-refractivity contribution in [3.05, 3.63) is 46.4 Å². The summed E-state index contributed by atoms with van der Waals surface area (Å²) < 4.78 is 39.5. The van der Waals surface area contributed by atoms with Gasteiger partial charge in [0.1, 0.15) is 16.7 Å². The number of hydrogen-bond donors (Lipinski definition) is 1. The Morgan fingerprint density at radius 2 is 2.19 bits per heavy atom. The molecular weight excluding hydrogens is 389 g/mol. The van der Waals surface area contributed by atoms with Gasteiger partial charge in [0.25, 0.3) is 0 Å². The van der Waals surface area contributed by atoms with Gasteiger partial charge >= 0.3 is 6.18 Å². The zero-order valence-electron chi connectivity index (χ0n) is 13.2. The first-order valence-corrected chi connectivity index (χ1v) is 8.72. The Morgan fingerprint density at radius 1 is 1.42 bits per heavy atom. The average molecular weight is 399 g/mol. The van der Waals surface area contributed by atoms with E-state index in [4.69, 9.17) is 11.6 Å². The molecule has 0 amide bonds. The highest BCUT2D eigenvalue weighted by molar-refractivity contribution is 7.98. The lowest BCUT2D eigenvalue weighted by Gasteiger charge is -2.13. The molecule has 0 aromatic carbocycles. The third-order valence-corrected chi connectivity index (χ3v) is 4.48. The van der Waals surface area contributed by atoms with E-state index in [0.717, 1.165) is 12.3 Å². The quantitative estimate of drug-likeness (QED) is 0.528. The number of nitrogens with zero attached hydrogens (tertiary/aromatic N) is 5. The van der Waals surface area contributed by atoms with Crippen LogP contribution in [0.3, 0.4) is 0 Å². The van der Waals surface area contributed by atoms with E-state index < -0.39 is 11.7 Å². The Morgan fingerprint density at radius 3 is 2.81 bits per heavy atom. The van der Waals surface area contributed by atoms with Crippen LogP contribution in [0.4, 0.5) is 19.0 Å². The summed E-state index contributed by atoms with van der Waals surface area (Å²) in [5.41, 5.74) is 0.0949. The Hall–Kier alpha value is -2.51. The average Bonchev–Trinajstić information content (AvgIpc) is 3.06. The number of aromatic nitrogens is 4. The second-order valence-corrected chi connectivity index (χ2v) is 6.26. The molecule has 134 valence electrons. The molecule has 0 saturated heterocycles. The van der Waals surface area contributed by atoms with Crippen LogP contribution in [0.1, 0.15) is 16.8 Å². The first-order valence-electron chi connectivity index (χ1n) is 7.12. The van der Waals surface area contributed by atoms with Crippen molar-refractivity contribution in [1.82, 2.24) is 19.6 Å². The van der Waals surface area contributed by atoms with Crippen LogP contribution < -0.4 is 5.32 Å². The van der Waals surface area contributed by atoms with Crippen LogP contribution in [0.25, 0.3) is 5.65 Å². The fourth-order valence-corrected chi connectivity index (χ4v) is 3.02. The summed E-state index contributed by atoms with van der Waals surface area (Å²) in [6.07, 6.45) is -0.482. The van der Waals surface area contributed by atoms with Crippen LogP contribution in [0.15, 0.2) is 29.6 Å². The predicted molar refractivity (Wildman–Crippen MR) is 91.1 cm³/mol. The molecule has 0 radical (unpaired) electrons. The molecule has 0 unspecified atom stereocenters. The van der Waals surface area contributed by atoms with E-state index in [0.29, 0.717) is 16.5 Å². The summed E-state index contributed by atoms with van der Waals surface area (Å²) in [6.45, 7) is 0.0123. The largest absolute Gasteiger partial charge is 0.417 e. The normalized spacial score (nSPS) is 11.5. The number of alkyl halides is 3. The van der Waals surface area contributed by atoms with Gasteiger partial charge in [-0.1, -0.05) is 11.6 Å². The Labute approximate surface area is 155 Å². The van der Waals surface area contributed by atoms with E-state index in [2.05, 4.69) is 26.5 Å². The molecule has 3 rings (SSSR count). The monoisotopic (exact) mass is 398 g/mol. The van der Waals surface area contributed by atoms with Crippen LogP contribution in [-0.2, 0) is 12.7 Å². The molecular formula is C15H10ClF3N6S. The molecule has 0 aliphatic carbocycles. The molecule has 11 heteroatoms. The van der Waals surface area contributed by atoms with Gasteiger partial charge in [-0.25, -0.2) is 4.98 Å². The number of anilines is 1. The maximum absolute atomic E-state index is 12.7. The zero-order chi connectivity index (χ0) is 18.9. The van der Waals surface area contributed by atoms with Crippen molar-refractivity contribution in [2.45, 2.75) is 17.7 Å². The van der Waals surface area contributed by atoms with Crippen LogP contribution in [-0.4, -0.2) is 25.8 Å². The molecule has 3 aromatic heterocycles. The van der Waals surface area contributed by atoms with E-state index in [9.17, 15) is 18.4 Å². The minimum absolute atomic E-state index is 0.0123. The highest BCUT2D eigenvalue weighted by Crippen LogP contribution is 2.31. The summed E-state index contributed by atoms with van der Waals surface area (Å²) >= 11 is 7.23. The van der Waals surface area contributed by atoms with Gasteiger partial charge in [0.15, 0.2) is 11.5 Å². The zero-order valence-corrected chi connectivity index (χ0v) is 14.7. The Bertz CT molecular complexity index is 1010. The summed E-state index contributed by atoms with van der Waals surface area (Å²) in [5, 5.41) is 16.9. The molecule has 3 heterocycles. The van der Waals surface area contributed by atoms with E-state index in [1.54, 1.807) is 12.3 Å². The SMILES string of the molecule is CSc1nc2ccnn2c(NCc2ncc(C(F)(F)F)cc2Cl)c1C#N. The van der Waals surface area contributed by atoms with E-state index in [1.165, 1.54) is 22.5 Å². The Balaban J connectivity index is 1.96. The van der Waals surface area contributed by atoms with E-state index >= 15 is 0 Å². The number of halogens is 4. The van der Waals surface area contributed by atoms with Crippen molar-refractivity contribution in [2.75, 3.05) is 11.6 Å². The van der Waals surface area contributed by atoms with Crippen molar-refractivity contribution < 1.29 is 13.2 Å². The minimum Gasteiger partial charge on any atom is -0.363 e. The van der Waals surface area contributed by atoms with Crippen molar-refractivity contribution >= 4 is 34.8 Å². The predicted octanol–water partition coefficient (Wildman–Crippen LogP) is 4.00. The highest BCUT2D eigenvalue weighted by Gasteiger charge is 2.31. The third kappa shape index (κ3) is 3.40. The van der Waals surface area contributed by atoms with Crippen LogP contribution in [0.5, 0.6) is 0 Å². The number of fused-ring (bicyclic) bond motifs is 1. The Kier molecular flexibility index (Phi) is 4.93. The standard InChI is InChI=1S/C15H10ClF3N6S/c1-26-14-9(5-20)13(25-12(24-14)2-3-23-25)22-7-11-10(16)4-8(6-21-11)15(17,18)19/h2-4,6,22H,7H2,1H3. The maximum Gasteiger partial charge on any atom is 0.417 e. The van der Waals surface area contributed by atoms with Gasteiger partial charge in [-0.05, 0) is 12.3 Å². The molecule has 3 aromatic rings. The fraction of sp³-hybridized carbons (Fsp3) is 0.200. The number of pyridine rings is 1. The fourth-order valence-electron chi connectivity index (χ4n) is 2.25. The van der Waals surface area contributed by atoms with Gasteiger partial charge in [-0.3, -0.25) is 4.98 Å². The van der Waals surface area contributed by atoms with E-state index in [1.807, 2.05) is 0 Å². The second-order valence-electron chi connectivity index (χ2n) is 5.06. The van der Waals surface area contributed by atoms with Crippen molar-refractivity contribution in [2.24, 2.45) is 0 Å². The molecule has 0 atom stereocenters. The van der Waals surface area contributed by atoms with Crippen molar-refractivity contribution in [3.8, 4) is 6.07 Å². The first kappa shape index (κ1) is 18.3. The molecule has 0 saturated carbocycles. The summed E-state index contributed by atoms with van der Waals surface area (Å²) in [6, 6.07) is 4.56. The second kappa shape index (κ2) is 7.01. The molecule has 1 N–H and O–H groups in total. The molecule has 0 aliphatic rings. The molecule has 0 bridgehead atoms. The summed E-state index contributed by atoms with van der Waals surface area (Å²) in [5.74, 6) is 0.365. The molecule has 6 nitrogen and oxygen atoms in total. The van der Waals surface area contributed by atoms with Crippen LogP contribution >= 0.6 is 23.4 Å². The van der Waals surface area contributed by atoms with E-state index in [-0.39, 0.29) is 22.8 Å². The first-order chi connectivity index (χ1) is 12.3. The molecule has 0 spiro atoms. The number of thioether (sulfide) groups is 1. The maximum atomic E-state index is 12.7. The molecule has 0 aliphatic heterocycles. The third-order valence-electron chi connectivity index (χ3n) is 3.47. The van der Waals surface area contributed by atoms with Gasteiger partial charge < -0.3 is 5.32 Å². The minimum atomic E-state index is -4.52. The van der Waals surface area contributed by atoms with Crippen molar-refractivity contribution in [3.63, 3.8) is 0 Å². The van der Waals surface area contributed by atoms with Gasteiger partial charge in [0.2, 0.25) is 0 Å². The molecule has 26 heavy (non-hydrogen) atoms. The topological polar surface area (TPSA) is 78.9 Å². The van der Waals surface area contributed by atoms with Gasteiger partial charge in [-0.2, -0.15) is 28.0 Å². The van der Waals surface area contributed by atoms with Crippen molar-refractivity contribution in [1.29, 1.82) is 5.26 Å². The summed E-state index contributed by atoms with van der Waals surface area (Å²) in [4.78, 5) is 8.11. The summed E-state index contributed by atoms with van der Waals surface area (Å²) in [7, 11) is 0. The number of nitrogens with one attached hydrogen (secondary N) is 1. The lowest BCUT2D eigenvalue weighted by molar-refractivity contribution is -0.137. The van der Waals surface area contributed by atoms with Crippen LogP contribution in [0, 0.1) is 11.3 Å². The van der Waals surface area contributed by atoms with Crippen LogP contribution in [0.2, 0.25) is 5.02 Å². The number of hydrogen-bond acceptors (Lipinski definition) is 6. The smallest absolute Gasteiger partial charge is 0.363 e. The van der Waals surface area contributed by atoms with Gasteiger partial charge in [-0.15, -0.1) is 11.8 Å². The van der Waals surface area contributed by atoms with Gasteiger partial charge in [0, 0.05) is 12.3 Å². The lowest BCUT2D eigenvalue weighted by Crippen LogP contribution is -2.12. The highest BCUT2D eigenvalue weighted by atomic mass is 35.5. The lowest BCUT2D eigenvalue weighted by atomic mass is 10.2. The number of nitriles is 1. The molecule has 0 fully saturated rings. The number of rotatable bonds is 4.